The quantitative estimate of drug-likeness (QED) is 0.697. The van der Waals surface area contributed by atoms with Crippen LogP contribution in [0.1, 0.15) is 16.2 Å². The molecular weight excluding hydrogens is 208 g/mol. The van der Waals surface area contributed by atoms with E-state index in [1.807, 2.05) is 0 Å². The minimum Gasteiger partial charge on any atom is -0.508 e. The smallest absolute Gasteiger partial charge is 0.251 e. The van der Waals surface area contributed by atoms with Crippen molar-refractivity contribution in [2.24, 2.45) is 0 Å². The molecule has 0 atom stereocenters. The number of benzene rings is 1. The molecule has 0 radical (unpaired) electrons. The van der Waals surface area contributed by atoms with Gasteiger partial charge >= 0.3 is 0 Å². The maximum Gasteiger partial charge on any atom is 0.251 e. The van der Waals surface area contributed by atoms with Crippen molar-refractivity contribution in [2.45, 2.75) is 6.54 Å². The summed E-state index contributed by atoms with van der Waals surface area (Å²) in [4.78, 5) is 15.5. The van der Waals surface area contributed by atoms with Crippen molar-refractivity contribution in [1.29, 1.82) is 0 Å². The van der Waals surface area contributed by atoms with Crippen LogP contribution in [0, 0.1) is 0 Å². The van der Waals surface area contributed by atoms with Crippen molar-refractivity contribution in [3.8, 4) is 5.75 Å². The second kappa shape index (κ2) is 4.43. The highest BCUT2D eigenvalue weighted by molar-refractivity contribution is 5.94. The lowest BCUT2D eigenvalue weighted by Crippen LogP contribution is -2.23. The van der Waals surface area contributed by atoms with Gasteiger partial charge in [-0.05, 0) is 24.3 Å². The number of hydrogen-bond donors (Lipinski definition) is 3. The fourth-order valence-corrected chi connectivity index (χ4v) is 1.19. The number of carbonyl (C=O) groups is 1. The Hall–Kier alpha value is -2.37. The minimum absolute atomic E-state index is 0.131. The van der Waals surface area contributed by atoms with Crippen molar-refractivity contribution < 1.29 is 9.90 Å². The first-order chi connectivity index (χ1) is 7.75. The molecule has 0 aliphatic carbocycles. The maximum atomic E-state index is 11.6. The largest absolute Gasteiger partial charge is 0.508 e. The van der Waals surface area contributed by atoms with Crippen molar-refractivity contribution in [2.75, 3.05) is 0 Å². The molecule has 1 aromatic carbocycles. The van der Waals surface area contributed by atoms with Gasteiger partial charge in [0, 0.05) is 5.56 Å². The number of rotatable bonds is 3. The Morgan fingerprint density at radius 3 is 2.75 bits per heavy atom. The monoisotopic (exact) mass is 218 g/mol. The number of nitrogens with one attached hydrogen (secondary N) is 2. The Morgan fingerprint density at radius 2 is 2.12 bits per heavy atom. The molecule has 2 rings (SSSR count). The maximum absolute atomic E-state index is 11.6. The zero-order chi connectivity index (χ0) is 11.4. The number of nitrogens with zero attached hydrogens (tertiary/aromatic N) is 2. The molecule has 0 spiro atoms. The number of aromatic amines is 1. The molecule has 0 aliphatic rings. The zero-order valence-electron chi connectivity index (χ0n) is 8.34. The number of phenols is 1. The minimum atomic E-state index is -0.226. The number of aromatic nitrogens is 3. The second-order valence-electron chi connectivity index (χ2n) is 3.16. The number of aromatic hydroxyl groups is 1. The highest BCUT2D eigenvalue weighted by Crippen LogP contribution is 2.09. The molecule has 0 saturated carbocycles. The van der Waals surface area contributed by atoms with E-state index in [1.165, 1.54) is 18.5 Å². The lowest BCUT2D eigenvalue weighted by atomic mass is 10.2. The van der Waals surface area contributed by atoms with E-state index in [1.54, 1.807) is 12.1 Å². The number of hydrogen-bond acceptors (Lipinski definition) is 4. The Morgan fingerprint density at radius 1 is 1.38 bits per heavy atom. The molecule has 82 valence electrons. The third kappa shape index (κ3) is 2.35. The molecule has 0 fully saturated rings. The number of carbonyl (C=O) groups excluding carboxylic acids is 1. The molecule has 0 aliphatic heterocycles. The van der Waals surface area contributed by atoms with Crippen LogP contribution in [0.5, 0.6) is 5.75 Å². The highest BCUT2D eigenvalue weighted by atomic mass is 16.3. The van der Waals surface area contributed by atoms with Gasteiger partial charge in [-0.25, -0.2) is 4.98 Å². The van der Waals surface area contributed by atoms with Gasteiger partial charge in [0.15, 0.2) is 0 Å². The summed E-state index contributed by atoms with van der Waals surface area (Å²) in [6.45, 7) is 0.291. The molecule has 1 amide bonds. The van der Waals surface area contributed by atoms with Crippen molar-refractivity contribution in [1.82, 2.24) is 20.5 Å². The molecule has 16 heavy (non-hydrogen) atoms. The van der Waals surface area contributed by atoms with Crippen LogP contribution >= 0.6 is 0 Å². The average molecular weight is 218 g/mol. The summed E-state index contributed by atoms with van der Waals surface area (Å²) < 4.78 is 0. The molecule has 0 bridgehead atoms. The third-order valence-corrected chi connectivity index (χ3v) is 2.01. The van der Waals surface area contributed by atoms with Crippen molar-refractivity contribution in [3.63, 3.8) is 0 Å². The van der Waals surface area contributed by atoms with Crippen molar-refractivity contribution >= 4 is 5.91 Å². The van der Waals surface area contributed by atoms with Crippen LogP contribution in [0.3, 0.4) is 0 Å². The second-order valence-corrected chi connectivity index (χ2v) is 3.16. The van der Waals surface area contributed by atoms with Gasteiger partial charge in [0.05, 0.1) is 6.54 Å². The van der Waals surface area contributed by atoms with E-state index in [-0.39, 0.29) is 11.7 Å². The van der Waals surface area contributed by atoms with Crippen LogP contribution in [0.25, 0.3) is 0 Å². The van der Waals surface area contributed by atoms with E-state index in [0.717, 1.165) is 0 Å². The summed E-state index contributed by atoms with van der Waals surface area (Å²) >= 11 is 0. The first kappa shape index (κ1) is 10.2. The molecule has 3 N–H and O–H groups in total. The summed E-state index contributed by atoms with van der Waals surface area (Å²) in [5.74, 6) is 0.496. The summed E-state index contributed by atoms with van der Waals surface area (Å²) in [7, 11) is 0. The van der Waals surface area contributed by atoms with Crippen LogP contribution in [0.15, 0.2) is 30.6 Å². The van der Waals surface area contributed by atoms with Gasteiger partial charge in [0.2, 0.25) is 0 Å². The first-order valence-corrected chi connectivity index (χ1v) is 4.67. The molecule has 0 saturated heterocycles. The predicted molar refractivity (Wildman–Crippen MR) is 55.7 cm³/mol. The third-order valence-electron chi connectivity index (χ3n) is 2.01. The van der Waals surface area contributed by atoms with E-state index >= 15 is 0 Å². The van der Waals surface area contributed by atoms with E-state index in [2.05, 4.69) is 20.5 Å². The van der Waals surface area contributed by atoms with Crippen molar-refractivity contribution in [3.05, 3.63) is 42.0 Å². The van der Waals surface area contributed by atoms with E-state index < -0.39 is 0 Å². The Labute approximate surface area is 91.3 Å². The van der Waals surface area contributed by atoms with Crippen LogP contribution < -0.4 is 5.32 Å². The standard InChI is InChI=1S/C10H10N4O2/c15-8-3-1-7(2-4-8)10(16)11-5-9-12-6-13-14-9/h1-4,6,15H,5H2,(H,11,16)(H,12,13,14). The van der Waals surface area contributed by atoms with Gasteiger partial charge < -0.3 is 10.4 Å². The van der Waals surface area contributed by atoms with Gasteiger partial charge in [-0.15, -0.1) is 0 Å². The topological polar surface area (TPSA) is 90.9 Å². The SMILES string of the molecule is O=C(NCc1ncn[nH]1)c1ccc(O)cc1. The highest BCUT2D eigenvalue weighted by Gasteiger charge is 2.05. The van der Waals surface area contributed by atoms with Gasteiger partial charge in [-0.3, -0.25) is 9.89 Å². The van der Waals surface area contributed by atoms with Crippen LogP contribution in [0.2, 0.25) is 0 Å². The summed E-state index contributed by atoms with van der Waals surface area (Å²) in [5.41, 5.74) is 0.484. The number of H-pyrrole nitrogens is 1. The summed E-state index contributed by atoms with van der Waals surface area (Å²) in [6.07, 6.45) is 1.38. The lowest BCUT2D eigenvalue weighted by molar-refractivity contribution is 0.0950. The zero-order valence-corrected chi connectivity index (χ0v) is 8.34. The van der Waals surface area contributed by atoms with E-state index in [0.29, 0.717) is 17.9 Å². The molecule has 6 heteroatoms. The first-order valence-electron chi connectivity index (χ1n) is 4.67. The van der Waals surface area contributed by atoms with E-state index in [4.69, 9.17) is 5.11 Å². The molecule has 0 unspecified atom stereocenters. The number of amides is 1. The van der Waals surface area contributed by atoms with Gasteiger partial charge in [0.25, 0.3) is 5.91 Å². The summed E-state index contributed by atoms with van der Waals surface area (Å²) in [5, 5.41) is 18.0. The molecular formula is C10H10N4O2. The average Bonchev–Trinajstić information content (AvgIpc) is 2.80. The molecule has 1 aromatic heterocycles. The Kier molecular flexibility index (Phi) is 2.81. The van der Waals surface area contributed by atoms with Crippen LogP contribution in [-0.2, 0) is 6.54 Å². The van der Waals surface area contributed by atoms with Gasteiger partial charge in [-0.2, -0.15) is 5.10 Å². The Bertz CT molecular complexity index is 464. The van der Waals surface area contributed by atoms with Crippen LogP contribution in [-0.4, -0.2) is 26.2 Å². The normalized spacial score (nSPS) is 10.0. The molecule has 2 aromatic rings. The lowest BCUT2D eigenvalue weighted by Gasteiger charge is -2.02. The van der Waals surface area contributed by atoms with E-state index in [9.17, 15) is 4.79 Å². The van der Waals surface area contributed by atoms with Gasteiger partial charge in [0.1, 0.15) is 17.9 Å². The van der Waals surface area contributed by atoms with Gasteiger partial charge in [-0.1, -0.05) is 0 Å². The number of phenolic OH excluding ortho intramolecular Hbond substituents is 1. The summed E-state index contributed by atoms with van der Waals surface area (Å²) in [6, 6.07) is 6.02. The Balaban J connectivity index is 1.95. The molecule has 1 heterocycles. The van der Waals surface area contributed by atoms with Crippen LogP contribution in [0.4, 0.5) is 0 Å². The molecule has 6 nitrogen and oxygen atoms in total. The fraction of sp³-hybridized carbons (Fsp3) is 0.100. The fourth-order valence-electron chi connectivity index (χ4n) is 1.19. The predicted octanol–water partition coefficient (Wildman–Crippen LogP) is 0.440.